The van der Waals surface area contributed by atoms with E-state index in [2.05, 4.69) is 27.8 Å². The fourth-order valence-electron chi connectivity index (χ4n) is 1.53. The molecule has 1 aromatic rings. The van der Waals surface area contributed by atoms with Gasteiger partial charge in [-0.15, -0.1) is 6.58 Å². The van der Waals surface area contributed by atoms with E-state index in [1.165, 1.54) is 0 Å². The Labute approximate surface area is 115 Å². The van der Waals surface area contributed by atoms with Gasteiger partial charge in [-0.25, -0.2) is 0 Å². The molecule has 0 unspecified atom stereocenters. The van der Waals surface area contributed by atoms with Crippen molar-refractivity contribution in [1.82, 2.24) is 5.32 Å². The quantitative estimate of drug-likeness (QED) is 0.789. The Morgan fingerprint density at radius 2 is 2.33 bits per heavy atom. The largest absolute Gasteiger partial charge is 0.483 e. The summed E-state index contributed by atoms with van der Waals surface area (Å²) in [5.74, 6) is 0.495. The average molecular weight is 313 g/mol. The summed E-state index contributed by atoms with van der Waals surface area (Å²) in [6, 6.07) is 3.82. The number of aryl methyl sites for hydroxylation is 1. The fraction of sp³-hybridized carbons (Fsp3) is 0.308. The molecule has 0 spiro atoms. The molecule has 0 saturated heterocycles. The van der Waals surface area contributed by atoms with Gasteiger partial charge in [0.2, 0.25) is 0 Å². The zero-order valence-electron chi connectivity index (χ0n) is 10.3. The number of benzene rings is 1. The van der Waals surface area contributed by atoms with Crippen molar-refractivity contribution in [1.29, 1.82) is 0 Å². The third-order valence-corrected chi connectivity index (χ3v) is 2.79. The van der Waals surface area contributed by atoms with Crippen molar-refractivity contribution in [3.63, 3.8) is 0 Å². The molecule has 0 aliphatic rings. The molecule has 18 heavy (non-hydrogen) atoms. The van der Waals surface area contributed by atoms with Gasteiger partial charge in [-0.2, -0.15) is 0 Å². The molecule has 1 amide bonds. The molecule has 4 nitrogen and oxygen atoms in total. The van der Waals surface area contributed by atoms with Crippen LogP contribution >= 0.6 is 15.9 Å². The van der Waals surface area contributed by atoms with Crippen LogP contribution in [0.4, 0.5) is 0 Å². The zero-order chi connectivity index (χ0) is 13.5. The third kappa shape index (κ3) is 4.16. The van der Waals surface area contributed by atoms with Gasteiger partial charge in [0.05, 0.1) is 0 Å². The molecule has 0 bridgehead atoms. The first-order valence-electron chi connectivity index (χ1n) is 5.58. The van der Waals surface area contributed by atoms with Gasteiger partial charge < -0.3 is 15.8 Å². The van der Waals surface area contributed by atoms with E-state index < -0.39 is 0 Å². The molecule has 1 rings (SSSR count). The first-order chi connectivity index (χ1) is 8.58. The van der Waals surface area contributed by atoms with E-state index in [0.717, 1.165) is 15.6 Å². The normalized spacial score (nSPS) is 9.94. The zero-order valence-corrected chi connectivity index (χ0v) is 11.9. The molecule has 1 aromatic carbocycles. The van der Waals surface area contributed by atoms with Gasteiger partial charge in [-0.05, 0) is 24.6 Å². The molecular formula is C13H17BrN2O2. The highest BCUT2D eigenvalue weighted by Crippen LogP contribution is 2.27. The number of halogens is 1. The van der Waals surface area contributed by atoms with Gasteiger partial charge in [0.25, 0.3) is 5.91 Å². The Morgan fingerprint density at radius 1 is 1.61 bits per heavy atom. The number of hydrogen-bond acceptors (Lipinski definition) is 3. The minimum absolute atomic E-state index is 0.0245. The van der Waals surface area contributed by atoms with Crippen molar-refractivity contribution in [2.45, 2.75) is 13.5 Å². The van der Waals surface area contributed by atoms with Gasteiger partial charge in [0.1, 0.15) is 5.75 Å². The molecule has 0 aliphatic heterocycles. The molecule has 0 aliphatic carbocycles. The van der Waals surface area contributed by atoms with Crippen molar-refractivity contribution >= 4 is 21.8 Å². The van der Waals surface area contributed by atoms with Crippen LogP contribution in [0.15, 0.2) is 29.3 Å². The maximum absolute atomic E-state index is 11.4. The Hall–Kier alpha value is -1.33. The number of amides is 1. The smallest absolute Gasteiger partial charge is 0.258 e. The van der Waals surface area contributed by atoms with E-state index >= 15 is 0 Å². The topological polar surface area (TPSA) is 64.3 Å². The van der Waals surface area contributed by atoms with E-state index in [-0.39, 0.29) is 12.5 Å². The van der Waals surface area contributed by atoms with Crippen LogP contribution in [0.3, 0.4) is 0 Å². The van der Waals surface area contributed by atoms with Crippen LogP contribution < -0.4 is 15.8 Å². The minimum atomic E-state index is -0.180. The second-order valence-corrected chi connectivity index (χ2v) is 4.71. The maximum atomic E-state index is 11.4. The number of ether oxygens (including phenoxy) is 1. The van der Waals surface area contributed by atoms with Gasteiger partial charge in [0.15, 0.2) is 6.61 Å². The standard InChI is InChI=1S/C13H17BrN2O2/c1-3-4-16-12(17)8-18-13-9(2)5-11(14)6-10(13)7-15/h3,5-6H,1,4,7-8,15H2,2H3,(H,16,17). The first kappa shape index (κ1) is 14.7. The minimum Gasteiger partial charge on any atom is -0.483 e. The van der Waals surface area contributed by atoms with Gasteiger partial charge in [-0.3, -0.25) is 4.79 Å². The van der Waals surface area contributed by atoms with Crippen LogP contribution in [0.2, 0.25) is 0 Å². The molecule has 0 atom stereocenters. The number of hydrogen-bond donors (Lipinski definition) is 2. The van der Waals surface area contributed by atoms with Gasteiger partial charge in [0, 0.05) is 23.1 Å². The lowest BCUT2D eigenvalue weighted by Gasteiger charge is -2.13. The predicted molar refractivity (Wildman–Crippen MR) is 75.5 cm³/mol. The monoisotopic (exact) mass is 312 g/mol. The van der Waals surface area contributed by atoms with Crippen molar-refractivity contribution in [3.8, 4) is 5.75 Å². The summed E-state index contributed by atoms with van der Waals surface area (Å²) in [5.41, 5.74) is 7.48. The third-order valence-electron chi connectivity index (χ3n) is 2.33. The number of nitrogens with one attached hydrogen (secondary N) is 1. The molecule has 0 fully saturated rings. The summed E-state index contributed by atoms with van der Waals surface area (Å²) in [6.07, 6.45) is 1.62. The molecule has 0 heterocycles. The second kappa shape index (κ2) is 7.18. The number of nitrogens with two attached hydrogens (primary N) is 1. The molecule has 98 valence electrons. The summed E-state index contributed by atoms with van der Waals surface area (Å²) in [4.78, 5) is 11.4. The van der Waals surface area contributed by atoms with Crippen LogP contribution in [0.1, 0.15) is 11.1 Å². The molecule has 0 saturated carbocycles. The highest BCUT2D eigenvalue weighted by Gasteiger charge is 2.09. The summed E-state index contributed by atoms with van der Waals surface area (Å²) in [5, 5.41) is 2.65. The van der Waals surface area contributed by atoms with Crippen LogP contribution in [-0.4, -0.2) is 19.1 Å². The number of carbonyl (C=O) groups is 1. The average Bonchev–Trinajstić information content (AvgIpc) is 2.34. The highest BCUT2D eigenvalue weighted by atomic mass is 79.9. The summed E-state index contributed by atoms with van der Waals surface area (Å²) in [7, 11) is 0. The van der Waals surface area contributed by atoms with Crippen molar-refractivity contribution in [3.05, 3.63) is 40.4 Å². The van der Waals surface area contributed by atoms with Crippen molar-refractivity contribution in [2.24, 2.45) is 5.73 Å². The van der Waals surface area contributed by atoms with Gasteiger partial charge in [-0.1, -0.05) is 22.0 Å². The van der Waals surface area contributed by atoms with Gasteiger partial charge >= 0.3 is 0 Å². The summed E-state index contributed by atoms with van der Waals surface area (Å²) >= 11 is 3.40. The van der Waals surface area contributed by atoms with Crippen LogP contribution in [-0.2, 0) is 11.3 Å². The molecule has 0 aromatic heterocycles. The summed E-state index contributed by atoms with van der Waals surface area (Å²) < 4.78 is 6.47. The van der Waals surface area contributed by atoms with E-state index in [0.29, 0.717) is 18.8 Å². The van der Waals surface area contributed by atoms with E-state index in [9.17, 15) is 4.79 Å². The van der Waals surface area contributed by atoms with E-state index in [1.54, 1.807) is 6.08 Å². The second-order valence-electron chi connectivity index (χ2n) is 3.80. The fourth-order valence-corrected chi connectivity index (χ4v) is 2.15. The molecule has 3 N–H and O–H groups in total. The number of rotatable bonds is 6. The number of carbonyl (C=O) groups excluding carboxylic acids is 1. The van der Waals surface area contributed by atoms with Crippen molar-refractivity contribution in [2.75, 3.05) is 13.2 Å². The van der Waals surface area contributed by atoms with E-state index in [1.807, 2.05) is 19.1 Å². The van der Waals surface area contributed by atoms with E-state index in [4.69, 9.17) is 10.5 Å². The Bertz CT molecular complexity index is 447. The highest BCUT2D eigenvalue weighted by molar-refractivity contribution is 9.10. The van der Waals surface area contributed by atoms with Crippen LogP contribution in [0.25, 0.3) is 0 Å². The maximum Gasteiger partial charge on any atom is 0.258 e. The Morgan fingerprint density at radius 3 is 2.94 bits per heavy atom. The Balaban J connectivity index is 2.72. The lowest BCUT2D eigenvalue weighted by atomic mass is 10.1. The summed E-state index contributed by atoms with van der Waals surface area (Å²) in [6.45, 7) is 6.22. The molecule has 5 heteroatoms. The Kier molecular flexibility index (Phi) is 5.88. The SMILES string of the molecule is C=CCNC(=O)COc1c(C)cc(Br)cc1CN. The van der Waals surface area contributed by atoms with Crippen LogP contribution in [0, 0.1) is 6.92 Å². The van der Waals surface area contributed by atoms with Crippen LogP contribution in [0.5, 0.6) is 5.75 Å². The predicted octanol–water partition coefficient (Wildman–Crippen LogP) is 1.90. The first-order valence-corrected chi connectivity index (χ1v) is 6.37. The lowest BCUT2D eigenvalue weighted by molar-refractivity contribution is -0.122. The molecule has 0 radical (unpaired) electrons. The lowest BCUT2D eigenvalue weighted by Crippen LogP contribution is -2.29. The van der Waals surface area contributed by atoms with Crippen molar-refractivity contribution < 1.29 is 9.53 Å². The molecular weight excluding hydrogens is 296 g/mol.